The van der Waals surface area contributed by atoms with E-state index in [1.165, 1.54) is 11.8 Å². The zero-order valence-corrected chi connectivity index (χ0v) is 19.8. The first-order valence-electron chi connectivity index (χ1n) is 10.6. The van der Waals surface area contributed by atoms with Crippen LogP contribution in [-0.4, -0.2) is 62.0 Å². The number of nitrogens with zero attached hydrogens (tertiary/aromatic N) is 5. The number of thioether (sulfide) groups is 1. The molecule has 10 nitrogen and oxygen atoms in total. The van der Waals surface area contributed by atoms with E-state index in [-0.39, 0.29) is 5.75 Å². The lowest BCUT2D eigenvalue weighted by Gasteiger charge is -2.21. The van der Waals surface area contributed by atoms with Crippen molar-refractivity contribution in [2.75, 3.05) is 23.7 Å². The molecule has 4 amide bonds. The fourth-order valence-corrected chi connectivity index (χ4v) is 4.12. The van der Waals surface area contributed by atoms with E-state index >= 15 is 0 Å². The molecule has 1 aliphatic heterocycles. The number of anilines is 1. The number of hydrazine groups is 1. The Labute approximate surface area is 191 Å². The van der Waals surface area contributed by atoms with Crippen LogP contribution in [0, 0.1) is 0 Å². The van der Waals surface area contributed by atoms with Gasteiger partial charge in [0, 0.05) is 31.4 Å². The quantitative estimate of drug-likeness (QED) is 0.436. The van der Waals surface area contributed by atoms with Crippen LogP contribution in [-0.2, 0) is 16.6 Å². The van der Waals surface area contributed by atoms with Crippen molar-refractivity contribution < 1.29 is 14.4 Å². The Kier molecular flexibility index (Phi) is 7.07. The van der Waals surface area contributed by atoms with Crippen molar-refractivity contribution in [2.45, 2.75) is 44.8 Å². The Bertz CT molecular complexity index is 1000. The minimum atomic E-state index is -1.00. The standard InChI is InChI=1S/C21H29N7O3S/c1-6-21(4)18(30)28(19(31)22-21)25-16(29)13-32-20-24-23-17(26(20)5)14-9-11-15(12-10-14)27(7-2)8-3/h9-12H,6-8,13H2,1-5H3,(H,22,31)(H,25,29). The van der Waals surface area contributed by atoms with Gasteiger partial charge < -0.3 is 14.8 Å². The number of imide groups is 1. The summed E-state index contributed by atoms with van der Waals surface area (Å²) in [6.07, 6.45) is 0.427. The van der Waals surface area contributed by atoms with Crippen LogP contribution in [0.15, 0.2) is 29.4 Å². The zero-order chi connectivity index (χ0) is 23.5. The maximum Gasteiger partial charge on any atom is 0.344 e. The second-order valence-corrected chi connectivity index (χ2v) is 8.61. The largest absolute Gasteiger partial charge is 0.372 e. The van der Waals surface area contributed by atoms with Gasteiger partial charge in [0.05, 0.1) is 5.75 Å². The van der Waals surface area contributed by atoms with Gasteiger partial charge in [0.1, 0.15) is 5.54 Å². The topological polar surface area (TPSA) is 112 Å². The number of hydrogen-bond donors (Lipinski definition) is 2. The van der Waals surface area contributed by atoms with Crippen LogP contribution >= 0.6 is 11.8 Å². The van der Waals surface area contributed by atoms with Gasteiger partial charge in [0.25, 0.3) is 5.91 Å². The minimum Gasteiger partial charge on any atom is -0.372 e. The Balaban J connectivity index is 1.62. The third-order valence-corrected chi connectivity index (χ3v) is 6.65. The van der Waals surface area contributed by atoms with E-state index in [1.54, 1.807) is 13.8 Å². The van der Waals surface area contributed by atoms with Crippen molar-refractivity contribution >= 4 is 35.3 Å². The number of carbonyl (C=O) groups excluding carboxylic acids is 3. The molecule has 0 saturated carbocycles. The molecule has 32 heavy (non-hydrogen) atoms. The molecule has 1 saturated heterocycles. The number of carbonyl (C=O) groups is 3. The summed E-state index contributed by atoms with van der Waals surface area (Å²) in [4.78, 5) is 39.0. The summed E-state index contributed by atoms with van der Waals surface area (Å²) in [6.45, 7) is 9.53. The molecule has 1 aromatic heterocycles. The fourth-order valence-electron chi connectivity index (χ4n) is 3.41. The molecular weight excluding hydrogens is 430 g/mol. The number of amides is 4. The molecule has 0 bridgehead atoms. The first-order valence-corrected chi connectivity index (χ1v) is 11.6. The predicted molar refractivity (Wildman–Crippen MR) is 123 cm³/mol. The second-order valence-electron chi connectivity index (χ2n) is 7.66. The van der Waals surface area contributed by atoms with Gasteiger partial charge in [-0.05, 0) is 51.5 Å². The number of aromatic nitrogens is 3. The van der Waals surface area contributed by atoms with Gasteiger partial charge in [0.2, 0.25) is 5.91 Å². The Hall–Kier alpha value is -3.08. The van der Waals surface area contributed by atoms with Crippen molar-refractivity contribution in [3.63, 3.8) is 0 Å². The summed E-state index contributed by atoms with van der Waals surface area (Å²) in [7, 11) is 1.83. The van der Waals surface area contributed by atoms with E-state index in [0.29, 0.717) is 17.4 Å². The molecule has 0 spiro atoms. The van der Waals surface area contributed by atoms with Crippen LogP contribution in [0.3, 0.4) is 0 Å². The number of hydrogen-bond acceptors (Lipinski definition) is 7. The third-order valence-electron chi connectivity index (χ3n) is 5.63. The average molecular weight is 460 g/mol. The van der Waals surface area contributed by atoms with Crippen molar-refractivity contribution in [1.29, 1.82) is 0 Å². The van der Waals surface area contributed by atoms with Crippen LogP contribution in [0.1, 0.15) is 34.1 Å². The predicted octanol–water partition coefficient (Wildman–Crippen LogP) is 2.17. The van der Waals surface area contributed by atoms with Gasteiger partial charge in [0.15, 0.2) is 11.0 Å². The molecule has 1 unspecified atom stereocenters. The lowest BCUT2D eigenvalue weighted by molar-refractivity contribution is -0.137. The van der Waals surface area contributed by atoms with Crippen molar-refractivity contribution in [1.82, 2.24) is 30.5 Å². The smallest absolute Gasteiger partial charge is 0.344 e. The molecule has 1 aromatic carbocycles. The average Bonchev–Trinajstić information content (AvgIpc) is 3.26. The van der Waals surface area contributed by atoms with Crippen molar-refractivity contribution in [3.8, 4) is 11.4 Å². The molecule has 3 rings (SSSR count). The fraction of sp³-hybridized carbons (Fsp3) is 0.476. The molecule has 172 valence electrons. The Morgan fingerprint density at radius 2 is 1.81 bits per heavy atom. The maximum absolute atomic E-state index is 12.4. The van der Waals surface area contributed by atoms with E-state index in [9.17, 15) is 14.4 Å². The molecule has 2 heterocycles. The van der Waals surface area contributed by atoms with Crippen LogP contribution in [0.2, 0.25) is 0 Å². The highest BCUT2D eigenvalue weighted by Crippen LogP contribution is 2.25. The van der Waals surface area contributed by atoms with Crippen LogP contribution in [0.5, 0.6) is 0 Å². The molecule has 0 radical (unpaired) electrons. The normalized spacial score (nSPS) is 18.1. The summed E-state index contributed by atoms with van der Waals surface area (Å²) in [5.41, 5.74) is 3.44. The molecule has 1 atom stereocenters. The Morgan fingerprint density at radius 3 is 2.38 bits per heavy atom. The van der Waals surface area contributed by atoms with E-state index in [4.69, 9.17) is 0 Å². The maximum atomic E-state index is 12.4. The number of rotatable bonds is 9. The SMILES string of the molecule is CCN(CC)c1ccc(-c2nnc(SCC(=O)NN3C(=O)NC(C)(CC)C3=O)n2C)cc1. The van der Waals surface area contributed by atoms with Crippen molar-refractivity contribution in [3.05, 3.63) is 24.3 Å². The van der Waals surface area contributed by atoms with Crippen molar-refractivity contribution in [2.24, 2.45) is 7.05 Å². The number of nitrogens with one attached hydrogen (secondary N) is 2. The molecule has 2 aromatic rings. The van der Waals surface area contributed by atoms with Gasteiger partial charge in [-0.3, -0.25) is 15.0 Å². The molecule has 11 heteroatoms. The number of benzene rings is 1. The number of urea groups is 1. The summed E-state index contributed by atoms with van der Waals surface area (Å²) in [5, 5.41) is 12.3. The first kappa shape index (κ1) is 23.6. The van der Waals surface area contributed by atoms with E-state index in [1.807, 2.05) is 23.7 Å². The molecular formula is C21H29N7O3S. The monoisotopic (exact) mass is 459 g/mol. The van der Waals surface area contributed by atoms with E-state index in [2.05, 4.69) is 51.8 Å². The third kappa shape index (κ3) is 4.57. The lowest BCUT2D eigenvalue weighted by atomic mass is 10.00. The van der Waals surface area contributed by atoms with Gasteiger partial charge >= 0.3 is 6.03 Å². The van der Waals surface area contributed by atoms with Gasteiger partial charge in [-0.25, -0.2) is 4.79 Å². The summed E-state index contributed by atoms with van der Waals surface area (Å²) in [5.74, 6) is -0.288. The second kappa shape index (κ2) is 9.60. The summed E-state index contributed by atoms with van der Waals surface area (Å²) < 4.78 is 1.81. The summed E-state index contributed by atoms with van der Waals surface area (Å²) in [6, 6.07) is 7.48. The molecule has 2 N–H and O–H groups in total. The van der Waals surface area contributed by atoms with Gasteiger partial charge in [-0.1, -0.05) is 18.7 Å². The van der Waals surface area contributed by atoms with E-state index in [0.717, 1.165) is 29.3 Å². The minimum absolute atomic E-state index is 0.0211. The van der Waals surface area contributed by atoms with Gasteiger partial charge in [-0.15, -0.1) is 10.2 Å². The van der Waals surface area contributed by atoms with Crippen LogP contribution in [0.25, 0.3) is 11.4 Å². The van der Waals surface area contributed by atoms with E-state index < -0.39 is 23.4 Å². The molecule has 0 aliphatic carbocycles. The van der Waals surface area contributed by atoms with Gasteiger partial charge in [-0.2, -0.15) is 5.01 Å². The lowest BCUT2D eigenvalue weighted by Crippen LogP contribution is -2.49. The highest BCUT2D eigenvalue weighted by atomic mass is 32.2. The highest BCUT2D eigenvalue weighted by molar-refractivity contribution is 7.99. The molecule has 1 fully saturated rings. The Morgan fingerprint density at radius 1 is 1.16 bits per heavy atom. The zero-order valence-electron chi connectivity index (χ0n) is 19.0. The summed E-state index contributed by atoms with van der Waals surface area (Å²) >= 11 is 1.18. The first-order chi connectivity index (χ1) is 15.2. The molecule has 1 aliphatic rings. The highest BCUT2D eigenvalue weighted by Gasteiger charge is 2.47. The van der Waals surface area contributed by atoms with Crippen LogP contribution in [0.4, 0.5) is 10.5 Å². The van der Waals surface area contributed by atoms with Crippen LogP contribution < -0.4 is 15.6 Å².